The number of ether oxygens (including phenoxy) is 1. The molecule has 3 aromatic rings. The molecule has 2 aromatic heterocycles. The van der Waals surface area contributed by atoms with Crippen LogP contribution in [0.4, 0.5) is 0 Å². The van der Waals surface area contributed by atoms with Gasteiger partial charge in [-0.15, -0.1) is 0 Å². The van der Waals surface area contributed by atoms with Crippen LogP contribution in [-0.2, 0) is 24.4 Å². The zero-order chi connectivity index (χ0) is 20.2. The highest BCUT2D eigenvalue weighted by molar-refractivity contribution is 7.80. The maximum Gasteiger partial charge on any atom is 0.277 e. The summed E-state index contributed by atoms with van der Waals surface area (Å²) in [6.45, 7) is 2.70. The van der Waals surface area contributed by atoms with Crippen LogP contribution in [0, 0.1) is 0 Å². The molecule has 29 heavy (non-hydrogen) atoms. The number of furan rings is 2. The summed E-state index contributed by atoms with van der Waals surface area (Å²) in [5.74, 6) is 2.43. The van der Waals surface area contributed by atoms with Gasteiger partial charge in [0.15, 0.2) is 5.11 Å². The number of hydrogen-bond acceptors (Lipinski definition) is 5. The van der Waals surface area contributed by atoms with Crippen LogP contribution in [0.2, 0.25) is 0 Å². The Bertz CT molecular complexity index is 1040. The molecule has 6 nitrogen and oxygen atoms in total. The molecular weight excluding hydrogens is 388 g/mol. The Kier molecular flexibility index (Phi) is 5.48. The summed E-state index contributed by atoms with van der Waals surface area (Å²) in [5.41, 5.74) is 1.62. The van der Waals surface area contributed by atoms with Crippen molar-refractivity contribution >= 4 is 29.3 Å². The minimum atomic E-state index is -0.225. The third-order valence-corrected chi connectivity index (χ3v) is 4.86. The van der Waals surface area contributed by atoms with Crippen LogP contribution in [0.5, 0.6) is 5.75 Å². The molecule has 1 amide bonds. The molecule has 0 radical (unpaired) electrons. The van der Waals surface area contributed by atoms with E-state index in [0.29, 0.717) is 34.7 Å². The molecule has 0 aliphatic carbocycles. The quantitative estimate of drug-likeness (QED) is 0.465. The molecular formula is C22H20N2O4S. The van der Waals surface area contributed by atoms with Gasteiger partial charge in [-0.3, -0.25) is 9.69 Å². The van der Waals surface area contributed by atoms with E-state index in [2.05, 4.69) is 12.2 Å². The first kappa shape index (κ1) is 19.0. The summed E-state index contributed by atoms with van der Waals surface area (Å²) in [6.07, 6.45) is 4.19. The number of benzene rings is 1. The molecule has 0 spiro atoms. The fourth-order valence-corrected chi connectivity index (χ4v) is 3.20. The molecule has 1 aromatic carbocycles. The lowest BCUT2D eigenvalue weighted by molar-refractivity contribution is -0.122. The van der Waals surface area contributed by atoms with E-state index in [9.17, 15) is 4.79 Å². The average molecular weight is 408 g/mol. The van der Waals surface area contributed by atoms with Crippen molar-refractivity contribution in [3.63, 3.8) is 0 Å². The lowest BCUT2D eigenvalue weighted by atomic mass is 10.2. The van der Waals surface area contributed by atoms with Crippen LogP contribution in [0.25, 0.3) is 6.08 Å². The van der Waals surface area contributed by atoms with E-state index in [1.165, 1.54) is 10.5 Å². The summed E-state index contributed by atoms with van der Waals surface area (Å²) in [6, 6.07) is 15.2. The molecule has 0 bridgehead atoms. The fraction of sp³-hybridized carbons (Fsp3) is 0.182. The third-order valence-electron chi connectivity index (χ3n) is 4.54. The first-order valence-electron chi connectivity index (χ1n) is 9.30. The van der Waals surface area contributed by atoms with Crippen molar-refractivity contribution in [3.8, 4) is 5.75 Å². The maximum atomic E-state index is 12.6. The van der Waals surface area contributed by atoms with Gasteiger partial charge < -0.3 is 18.9 Å². The Hall–Kier alpha value is -3.32. The average Bonchev–Trinajstić information content (AvgIpc) is 3.46. The van der Waals surface area contributed by atoms with Crippen LogP contribution in [0.15, 0.2) is 69.3 Å². The largest absolute Gasteiger partial charge is 0.486 e. The number of thiocarbonyl (C=S) groups is 1. The smallest absolute Gasteiger partial charge is 0.277 e. The Morgan fingerprint density at radius 2 is 1.97 bits per heavy atom. The van der Waals surface area contributed by atoms with E-state index in [-0.39, 0.29) is 12.5 Å². The van der Waals surface area contributed by atoms with E-state index in [1.807, 2.05) is 30.3 Å². The van der Waals surface area contributed by atoms with Gasteiger partial charge in [-0.25, -0.2) is 0 Å². The minimum Gasteiger partial charge on any atom is -0.486 e. The maximum absolute atomic E-state index is 12.6. The summed E-state index contributed by atoms with van der Waals surface area (Å²) in [7, 11) is 0. The lowest BCUT2D eigenvalue weighted by Gasteiger charge is -2.11. The van der Waals surface area contributed by atoms with E-state index in [0.717, 1.165) is 12.2 Å². The van der Waals surface area contributed by atoms with Gasteiger partial charge in [-0.1, -0.05) is 19.1 Å². The molecule has 0 unspecified atom stereocenters. The van der Waals surface area contributed by atoms with Crippen molar-refractivity contribution in [2.45, 2.75) is 26.5 Å². The van der Waals surface area contributed by atoms with Crippen molar-refractivity contribution in [1.29, 1.82) is 0 Å². The van der Waals surface area contributed by atoms with E-state index >= 15 is 0 Å². The Morgan fingerprint density at radius 3 is 2.69 bits per heavy atom. The molecule has 0 saturated carbocycles. The minimum absolute atomic E-state index is 0.225. The number of carbonyl (C=O) groups excluding carboxylic acids is 1. The number of carbonyl (C=O) groups is 1. The molecule has 1 saturated heterocycles. The van der Waals surface area contributed by atoms with Gasteiger partial charge in [-0.2, -0.15) is 0 Å². The van der Waals surface area contributed by atoms with Crippen LogP contribution >= 0.6 is 12.2 Å². The zero-order valence-electron chi connectivity index (χ0n) is 15.9. The van der Waals surface area contributed by atoms with Crippen molar-refractivity contribution < 1.29 is 18.4 Å². The highest BCUT2D eigenvalue weighted by Gasteiger charge is 2.31. The molecule has 0 atom stereocenters. The molecule has 148 valence electrons. The van der Waals surface area contributed by atoms with E-state index in [4.69, 9.17) is 25.8 Å². The molecule has 4 rings (SSSR count). The highest BCUT2D eigenvalue weighted by Crippen LogP contribution is 2.20. The van der Waals surface area contributed by atoms with E-state index < -0.39 is 0 Å². The SMILES string of the molecule is CCc1ccc(OCc2ccc(/C=C3/NC(=S)N(Cc4ccco4)C3=O)o2)cc1. The van der Waals surface area contributed by atoms with E-state index in [1.54, 1.807) is 30.5 Å². The van der Waals surface area contributed by atoms with Gasteiger partial charge in [0.25, 0.3) is 5.91 Å². The van der Waals surface area contributed by atoms with Gasteiger partial charge in [0.05, 0.1) is 12.8 Å². The summed E-state index contributed by atoms with van der Waals surface area (Å²) < 4.78 is 16.8. The number of aryl methyl sites for hydroxylation is 1. The predicted octanol–water partition coefficient (Wildman–Crippen LogP) is 4.27. The first-order chi connectivity index (χ1) is 14.1. The number of amides is 1. The van der Waals surface area contributed by atoms with Crippen LogP contribution in [0.3, 0.4) is 0 Å². The van der Waals surface area contributed by atoms with Crippen LogP contribution in [0.1, 0.15) is 29.8 Å². The summed E-state index contributed by atoms with van der Waals surface area (Å²) >= 11 is 5.26. The van der Waals surface area contributed by atoms with Crippen LogP contribution < -0.4 is 10.1 Å². The monoisotopic (exact) mass is 408 g/mol. The lowest BCUT2D eigenvalue weighted by Crippen LogP contribution is -2.29. The molecule has 1 fully saturated rings. The van der Waals surface area contributed by atoms with Crippen molar-refractivity contribution in [3.05, 3.63) is 83.3 Å². The normalized spacial score (nSPS) is 15.2. The van der Waals surface area contributed by atoms with Gasteiger partial charge in [0.2, 0.25) is 0 Å². The standard InChI is InChI=1S/C22H20N2O4S/c1-2-15-5-7-16(8-6-15)27-14-19-10-9-17(28-19)12-20-21(25)24(22(29)23-20)13-18-4-3-11-26-18/h3-12H,2,13-14H2,1H3,(H,23,29)/b20-12+. The highest BCUT2D eigenvalue weighted by atomic mass is 32.1. The Labute approximate surface area is 173 Å². The first-order valence-corrected chi connectivity index (χ1v) is 9.70. The summed E-state index contributed by atoms with van der Waals surface area (Å²) in [5, 5.41) is 3.26. The Balaban J connectivity index is 1.39. The van der Waals surface area contributed by atoms with Crippen molar-refractivity contribution in [2.75, 3.05) is 0 Å². The molecule has 1 aliphatic rings. The molecule has 1 N–H and O–H groups in total. The Morgan fingerprint density at radius 1 is 1.14 bits per heavy atom. The molecule has 1 aliphatic heterocycles. The second-order valence-corrected chi connectivity index (χ2v) is 6.94. The topological polar surface area (TPSA) is 67.8 Å². The van der Waals surface area contributed by atoms with Crippen molar-refractivity contribution in [1.82, 2.24) is 10.2 Å². The van der Waals surface area contributed by atoms with Gasteiger partial charge in [0.1, 0.15) is 35.3 Å². The van der Waals surface area contributed by atoms with Gasteiger partial charge in [-0.05, 0) is 60.6 Å². The summed E-state index contributed by atoms with van der Waals surface area (Å²) in [4.78, 5) is 14.1. The number of rotatable bonds is 7. The van der Waals surface area contributed by atoms with Crippen LogP contribution in [-0.4, -0.2) is 15.9 Å². The number of nitrogens with zero attached hydrogens (tertiary/aromatic N) is 1. The number of hydrogen-bond donors (Lipinski definition) is 1. The second kappa shape index (κ2) is 8.36. The zero-order valence-corrected chi connectivity index (χ0v) is 16.7. The predicted molar refractivity (Wildman–Crippen MR) is 112 cm³/mol. The number of nitrogens with one attached hydrogen (secondary N) is 1. The second-order valence-electron chi connectivity index (χ2n) is 6.55. The van der Waals surface area contributed by atoms with Gasteiger partial charge in [0, 0.05) is 6.08 Å². The third kappa shape index (κ3) is 4.41. The molecule has 7 heteroatoms. The fourth-order valence-electron chi connectivity index (χ4n) is 2.94. The van der Waals surface area contributed by atoms with Gasteiger partial charge >= 0.3 is 0 Å². The van der Waals surface area contributed by atoms with Crippen molar-refractivity contribution in [2.24, 2.45) is 0 Å². The molecule has 3 heterocycles.